The summed E-state index contributed by atoms with van der Waals surface area (Å²) in [4.78, 5) is 6.33. The Balaban J connectivity index is 1.61. The van der Waals surface area contributed by atoms with Gasteiger partial charge in [-0.05, 0) is 12.5 Å². The van der Waals surface area contributed by atoms with Crippen LogP contribution in [0.1, 0.15) is 18.4 Å². The van der Waals surface area contributed by atoms with Crippen LogP contribution >= 0.6 is 0 Å². The highest BCUT2D eigenvalue weighted by atomic mass is 16.5. The molecule has 3 heterocycles. The van der Waals surface area contributed by atoms with Crippen LogP contribution < -0.4 is 0 Å². The molecule has 1 aliphatic rings. The smallest absolute Gasteiger partial charge is 0.240 e. The van der Waals surface area contributed by atoms with Gasteiger partial charge >= 0.3 is 0 Å². The highest BCUT2D eigenvalue weighted by Crippen LogP contribution is 2.21. The van der Waals surface area contributed by atoms with E-state index in [0.29, 0.717) is 11.9 Å². The number of nitrogens with zero attached hydrogens (tertiary/aromatic N) is 5. The summed E-state index contributed by atoms with van der Waals surface area (Å²) < 4.78 is 7.02. The van der Waals surface area contributed by atoms with Crippen LogP contribution in [0.3, 0.4) is 0 Å². The normalized spacial score (nSPS) is 21.6. The van der Waals surface area contributed by atoms with E-state index in [-0.39, 0.29) is 0 Å². The van der Waals surface area contributed by atoms with Gasteiger partial charge in [0, 0.05) is 25.5 Å². The van der Waals surface area contributed by atoms with Crippen LogP contribution in [0.5, 0.6) is 0 Å². The number of likely N-dealkylation sites (tertiary alicyclic amines) is 1. The highest BCUT2D eigenvalue weighted by Gasteiger charge is 2.24. The lowest BCUT2D eigenvalue weighted by atomic mass is 10.3. The molecule has 0 spiro atoms. The van der Waals surface area contributed by atoms with E-state index < -0.39 is 0 Å². The molecule has 1 aliphatic heterocycles. The second-order valence-corrected chi connectivity index (χ2v) is 4.00. The maximum Gasteiger partial charge on any atom is 0.240 e. The number of hydrogen-bond donors (Lipinski definition) is 0. The molecule has 1 atom stereocenters. The van der Waals surface area contributed by atoms with Crippen LogP contribution in [0.25, 0.3) is 0 Å². The van der Waals surface area contributed by atoms with E-state index in [0.717, 1.165) is 26.1 Å². The molecular weight excluding hydrogens is 206 g/mol. The molecule has 0 N–H and O–H groups in total. The molecule has 3 rings (SSSR count). The van der Waals surface area contributed by atoms with Crippen molar-refractivity contribution in [3.05, 3.63) is 30.7 Å². The van der Waals surface area contributed by atoms with Gasteiger partial charge in [-0.15, -0.1) is 0 Å². The zero-order valence-electron chi connectivity index (χ0n) is 8.86. The molecule has 1 unspecified atom stereocenters. The van der Waals surface area contributed by atoms with Crippen LogP contribution in [0.2, 0.25) is 0 Å². The summed E-state index contributed by atoms with van der Waals surface area (Å²) >= 11 is 0. The van der Waals surface area contributed by atoms with Gasteiger partial charge in [-0.3, -0.25) is 9.58 Å². The fourth-order valence-electron chi connectivity index (χ4n) is 2.13. The fraction of sp³-hybridized carbons (Fsp3) is 0.500. The number of rotatable bonds is 3. The van der Waals surface area contributed by atoms with E-state index in [1.54, 1.807) is 0 Å². The first kappa shape index (κ1) is 9.53. The molecule has 2 aromatic heterocycles. The molecule has 6 nitrogen and oxygen atoms in total. The van der Waals surface area contributed by atoms with Crippen LogP contribution in [0, 0.1) is 0 Å². The third kappa shape index (κ3) is 1.83. The van der Waals surface area contributed by atoms with Crippen molar-refractivity contribution in [1.82, 2.24) is 24.8 Å². The van der Waals surface area contributed by atoms with Gasteiger partial charge in [0.15, 0.2) is 6.33 Å². The Morgan fingerprint density at radius 2 is 2.50 bits per heavy atom. The van der Waals surface area contributed by atoms with Gasteiger partial charge in [-0.1, -0.05) is 5.16 Å². The van der Waals surface area contributed by atoms with Crippen molar-refractivity contribution in [3.63, 3.8) is 0 Å². The Labute approximate surface area is 92.9 Å². The van der Waals surface area contributed by atoms with Gasteiger partial charge in [0.1, 0.15) is 0 Å². The van der Waals surface area contributed by atoms with E-state index >= 15 is 0 Å². The largest absolute Gasteiger partial charge is 0.338 e. The quantitative estimate of drug-likeness (QED) is 0.761. The zero-order chi connectivity index (χ0) is 10.8. The lowest BCUT2D eigenvalue weighted by molar-refractivity contribution is 0.258. The van der Waals surface area contributed by atoms with Crippen LogP contribution in [-0.2, 0) is 6.54 Å². The van der Waals surface area contributed by atoms with Gasteiger partial charge < -0.3 is 4.52 Å². The number of aromatic nitrogens is 4. The monoisotopic (exact) mass is 219 g/mol. The average molecular weight is 219 g/mol. The third-order valence-corrected chi connectivity index (χ3v) is 2.91. The molecule has 0 bridgehead atoms. The van der Waals surface area contributed by atoms with Crippen LogP contribution in [-0.4, -0.2) is 37.9 Å². The fourth-order valence-corrected chi connectivity index (χ4v) is 2.13. The molecule has 1 fully saturated rings. The van der Waals surface area contributed by atoms with E-state index in [1.165, 1.54) is 6.33 Å². The van der Waals surface area contributed by atoms with Gasteiger partial charge in [0.2, 0.25) is 5.89 Å². The Morgan fingerprint density at radius 3 is 3.25 bits per heavy atom. The van der Waals surface area contributed by atoms with Gasteiger partial charge in [0.25, 0.3) is 0 Å². The lowest BCUT2D eigenvalue weighted by Gasteiger charge is -2.13. The molecule has 0 amide bonds. The van der Waals surface area contributed by atoms with E-state index in [1.807, 2.05) is 23.1 Å². The minimum atomic E-state index is 0.470. The molecule has 1 saturated heterocycles. The van der Waals surface area contributed by atoms with Crippen LogP contribution in [0.15, 0.2) is 29.3 Å². The maximum atomic E-state index is 5.00. The predicted octanol–water partition coefficient (Wildman–Crippen LogP) is 0.713. The topological polar surface area (TPSA) is 60.0 Å². The van der Waals surface area contributed by atoms with E-state index in [2.05, 4.69) is 20.1 Å². The van der Waals surface area contributed by atoms with Crippen molar-refractivity contribution in [2.75, 3.05) is 13.1 Å². The van der Waals surface area contributed by atoms with Crippen molar-refractivity contribution < 1.29 is 4.52 Å². The Bertz CT molecular complexity index is 424. The van der Waals surface area contributed by atoms with Crippen molar-refractivity contribution in [3.8, 4) is 0 Å². The third-order valence-electron chi connectivity index (χ3n) is 2.91. The van der Waals surface area contributed by atoms with Crippen molar-refractivity contribution >= 4 is 0 Å². The van der Waals surface area contributed by atoms with Gasteiger partial charge in [-0.2, -0.15) is 10.1 Å². The van der Waals surface area contributed by atoms with Gasteiger partial charge in [0.05, 0.1) is 12.6 Å². The van der Waals surface area contributed by atoms with Crippen molar-refractivity contribution in [2.45, 2.75) is 19.0 Å². The van der Waals surface area contributed by atoms with Gasteiger partial charge in [-0.25, -0.2) is 0 Å². The van der Waals surface area contributed by atoms with Crippen molar-refractivity contribution in [1.29, 1.82) is 0 Å². The summed E-state index contributed by atoms with van der Waals surface area (Å²) in [7, 11) is 0. The summed E-state index contributed by atoms with van der Waals surface area (Å²) in [6.07, 6.45) is 6.40. The molecule has 16 heavy (non-hydrogen) atoms. The van der Waals surface area contributed by atoms with E-state index in [9.17, 15) is 0 Å². The SMILES string of the molecule is c1cnn(C2CCN(Cc3ncno3)C2)c1. The zero-order valence-corrected chi connectivity index (χ0v) is 8.86. The first-order valence-electron chi connectivity index (χ1n) is 5.39. The molecule has 0 saturated carbocycles. The molecule has 0 aliphatic carbocycles. The first-order valence-corrected chi connectivity index (χ1v) is 5.39. The number of hydrogen-bond acceptors (Lipinski definition) is 5. The Kier molecular flexibility index (Phi) is 2.41. The van der Waals surface area contributed by atoms with Crippen LogP contribution in [0.4, 0.5) is 0 Å². The van der Waals surface area contributed by atoms with E-state index in [4.69, 9.17) is 4.52 Å². The molecule has 0 radical (unpaired) electrons. The second kappa shape index (κ2) is 4.05. The highest BCUT2D eigenvalue weighted by molar-refractivity contribution is 4.87. The summed E-state index contributed by atoms with van der Waals surface area (Å²) in [6.45, 7) is 2.77. The summed E-state index contributed by atoms with van der Waals surface area (Å²) in [6, 6.07) is 2.43. The standard InChI is InChI=1S/C10H13N5O/c1-3-12-15(4-1)9-2-5-14(6-9)7-10-11-8-13-16-10/h1,3-4,8-9H,2,5-7H2. The second-order valence-electron chi connectivity index (χ2n) is 4.00. The molecular formula is C10H13N5O. The maximum absolute atomic E-state index is 5.00. The summed E-state index contributed by atoms with van der Waals surface area (Å²) in [5.74, 6) is 0.682. The average Bonchev–Trinajstić information content (AvgIpc) is 2.99. The summed E-state index contributed by atoms with van der Waals surface area (Å²) in [5, 5.41) is 7.87. The Morgan fingerprint density at radius 1 is 1.50 bits per heavy atom. The molecule has 6 heteroatoms. The first-order chi connectivity index (χ1) is 7.92. The molecule has 2 aromatic rings. The predicted molar refractivity (Wildman–Crippen MR) is 55.5 cm³/mol. The lowest BCUT2D eigenvalue weighted by Crippen LogP contribution is -2.21. The molecule has 84 valence electrons. The summed E-state index contributed by atoms with van der Waals surface area (Å²) in [5.41, 5.74) is 0. The minimum Gasteiger partial charge on any atom is -0.338 e. The molecule has 0 aromatic carbocycles. The minimum absolute atomic E-state index is 0.470. The van der Waals surface area contributed by atoms with Crippen molar-refractivity contribution in [2.24, 2.45) is 0 Å². The Hall–Kier alpha value is -1.69.